The molecule has 0 saturated heterocycles. The van der Waals surface area contributed by atoms with Gasteiger partial charge in [-0.25, -0.2) is 4.79 Å². The summed E-state index contributed by atoms with van der Waals surface area (Å²) in [5, 5.41) is 9.40. The van der Waals surface area contributed by atoms with Gasteiger partial charge in [0, 0.05) is 30.7 Å². The second-order valence-corrected chi connectivity index (χ2v) is 8.18. The predicted octanol–water partition coefficient (Wildman–Crippen LogP) is 1.84. The zero-order valence-electron chi connectivity index (χ0n) is 13.8. The number of rotatable bonds is 3. The molecule has 0 spiro atoms. The zero-order chi connectivity index (χ0) is 17.5. The van der Waals surface area contributed by atoms with Gasteiger partial charge in [0.05, 0.1) is 19.4 Å². The monoisotopic (exact) mass is 354 g/mol. The highest BCUT2D eigenvalue weighted by Gasteiger charge is 2.34. The fraction of sp³-hybridized carbons (Fsp3) is 0.562. The van der Waals surface area contributed by atoms with Crippen LogP contribution in [0.15, 0.2) is 18.2 Å². The van der Waals surface area contributed by atoms with E-state index < -0.39 is 16.2 Å². The lowest BCUT2D eigenvalue weighted by molar-refractivity contribution is 0.141. The molecule has 2 aliphatic heterocycles. The highest BCUT2D eigenvalue weighted by atomic mass is 32.2. The first kappa shape index (κ1) is 17.0. The van der Waals surface area contributed by atoms with Gasteiger partial charge in [-0.2, -0.15) is 8.42 Å². The Balaban J connectivity index is 1.97. The lowest BCUT2D eigenvalue weighted by atomic mass is 9.88. The first-order chi connectivity index (χ1) is 11.3. The molecule has 0 fully saturated rings. The van der Waals surface area contributed by atoms with Crippen molar-refractivity contribution in [3.8, 4) is 0 Å². The number of carbonyl (C=O) groups is 1. The summed E-state index contributed by atoms with van der Waals surface area (Å²) >= 11 is 0. The number of benzene rings is 1. The maximum absolute atomic E-state index is 11.5. The first-order valence-electron chi connectivity index (χ1n) is 7.97. The summed E-state index contributed by atoms with van der Waals surface area (Å²) in [4.78, 5) is 15.1. The molecule has 7 nitrogen and oxygen atoms in total. The molecular weight excluding hydrogens is 332 g/mol. The third-order valence-corrected chi connectivity index (χ3v) is 5.29. The van der Waals surface area contributed by atoms with Crippen LogP contribution in [0.1, 0.15) is 30.4 Å². The van der Waals surface area contributed by atoms with Gasteiger partial charge in [-0.1, -0.05) is 18.2 Å². The fourth-order valence-corrected chi connectivity index (χ4v) is 4.05. The topological polar surface area (TPSA) is 87.2 Å². The van der Waals surface area contributed by atoms with Gasteiger partial charge in [0.2, 0.25) is 0 Å². The summed E-state index contributed by atoms with van der Waals surface area (Å²) in [6, 6.07) is 5.91. The van der Waals surface area contributed by atoms with Gasteiger partial charge in [0.1, 0.15) is 0 Å². The Labute approximate surface area is 141 Å². The van der Waals surface area contributed by atoms with E-state index >= 15 is 0 Å². The van der Waals surface area contributed by atoms with Crippen molar-refractivity contribution in [2.24, 2.45) is 0 Å². The molecular formula is C16H22N2O5S. The molecule has 0 aromatic heterocycles. The maximum Gasteiger partial charge on any atom is 0.407 e. The van der Waals surface area contributed by atoms with E-state index in [2.05, 4.69) is 4.90 Å². The summed E-state index contributed by atoms with van der Waals surface area (Å²) in [5.41, 5.74) is 3.05. The lowest BCUT2D eigenvalue weighted by Gasteiger charge is -2.39. The molecule has 2 atom stereocenters. The molecule has 2 unspecified atom stereocenters. The second-order valence-electron chi connectivity index (χ2n) is 6.53. The molecule has 0 saturated carbocycles. The van der Waals surface area contributed by atoms with Gasteiger partial charge in [-0.15, -0.1) is 0 Å². The number of anilines is 1. The standard InChI is InChI=1S/C16H22N2O5S/c1-11-8-17(16(19)20)9-12-4-3-5-14-13(10-23-24(2,21)22)6-7-18(11)15(12)14/h3-5,11,13H,6-10H2,1-2H3,(H,19,20). The van der Waals surface area contributed by atoms with E-state index in [1.54, 1.807) is 0 Å². The average Bonchev–Trinajstić information content (AvgIpc) is 2.64. The normalized spacial score (nSPS) is 23.6. The third kappa shape index (κ3) is 3.34. The molecule has 1 aromatic carbocycles. The van der Waals surface area contributed by atoms with E-state index in [1.165, 1.54) is 4.90 Å². The third-order valence-electron chi connectivity index (χ3n) is 4.73. The number of nitrogens with zero attached hydrogens (tertiary/aromatic N) is 2. The van der Waals surface area contributed by atoms with Gasteiger partial charge in [0.15, 0.2) is 0 Å². The van der Waals surface area contributed by atoms with E-state index in [9.17, 15) is 18.3 Å². The second kappa shape index (κ2) is 6.25. The van der Waals surface area contributed by atoms with Crippen LogP contribution in [0, 0.1) is 0 Å². The van der Waals surface area contributed by atoms with Crippen LogP contribution in [0.3, 0.4) is 0 Å². The lowest BCUT2D eigenvalue weighted by Crippen LogP contribution is -2.44. The zero-order valence-corrected chi connectivity index (χ0v) is 14.6. The van der Waals surface area contributed by atoms with Crippen LogP contribution in [0.2, 0.25) is 0 Å². The van der Waals surface area contributed by atoms with E-state index in [4.69, 9.17) is 4.18 Å². The molecule has 0 aliphatic carbocycles. The maximum atomic E-state index is 11.5. The van der Waals surface area contributed by atoms with Gasteiger partial charge in [-0.3, -0.25) is 4.18 Å². The van der Waals surface area contributed by atoms with Gasteiger partial charge in [-0.05, 0) is 24.5 Å². The number of amides is 1. The minimum Gasteiger partial charge on any atom is -0.465 e. The molecule has 0 bridgehead atoms. The highest BCUT2D eigenvalue weighted by Crippen LogP contribution is 2.41. The van der Waals surface area contributed by atoms with Crippen molar-refractivity contribution in [1.82, 2.24) is 4.90 Å². The van der Waals surface area contributed by atoms with Crippen molar-refractivity contribution < 1.29 is 22.5 Å². The molecule has 1 amide bonds. The molecule has 3 rings (SSSR count). The smallest absolute Gasteiger partial charge is 0.407 e. The average molecular weight is 354 g/mol. The summed E-state index contributed by atoms with van der Waals surface area (Å²) in [6.07, 6.45) is 0.917. The first-order valence-corrected chi connectivity index (χ1v) is 9.78. The quantitative estimate of drug-likeness (QED) is 0.834. The summed E-state index contributed by atoms with van der Waals surface area (Å²) in [5.74, 6) is -0.00509. The minimum absolute atomic E-state index is 0.00509. The Morgan fingerprint density at radius 1 is 1.42 bits per heavy atom. The molecule has 2 aliphatic rings. The molecule has 1 aromatic rings. The molecule has 8 heteroatoms. The van der Waals surface area contributed by atoms with Crippen LogP contribution in [-0.2, 0) is 20.8 Å². The fourth-order valence-electron chi connectivity index (χ4n) is 3.63. The van der Waals surface area contributed by atoms with Crippen molar-refractivity contribution in [3.05, 3.63) is 29.3 Å². The van der Waals surface area contributed by atoms with E-state index in [0.717, 1.165) is 36.0 Å². The number of hydrogen-bond acceptors (Lipinski definition) is 5. The summed E-state index contributed by atoms with van der Waals surface area (Å²) in [6.45, 7) is 3.71. The van der Waals surface area contributed by atoms with Crippen LogP contribution in [0.4, 0.5) is 10.5 Å². The minimum atomic E-state index is -3.48. The van der Waals surface area contributed by atoms with E-state index in [-0.39, 0.29) is 18.6 Å². The van der Waals surface area contributed by atoms with Crippen molar-refractivity contribution in [2.75, 3.05) is 30.9 Å². The van der Waals surface area contributed by atoms with Crippen molar-refractivity contribution in [2.45, 2.75) is 31.8 Å². The van der Waals surface area contributed by atoms with Gasteiger partial charge >= 0.3 is 6.09 Å². The van der Waals surface area contributed by atoms with Crippen LogP contribution in [-0.4, -0.2) is 56.5 Å². The summed E-state index contributed by atoms with van der Waals surface area (Å²) < 4.78 is 27.6. The van der Waals surface area contributed by atoms with Crippen molar-refractivity contribution in [3.63, 3.8) is 0 Å². The largest absolute Gasteiger partial charge is 0.465 e. The molecule has 2 heterocycles. The Morgan fingerprint density at radius 2 is 2.17 bits per heavy atom. The van der Waals surface area contributed by atoms with Crippen molar-refractivity contribution >= 4 is 21.9 Å². The number of para-hydroxylation sites is 1. The number of hydrogen-bond donors (Lipinski definition) is 1. The van der Waals surface area contributed by atoms with Crippen LogP contribution >= 0.6 is 0 Å². The van der Waals surface area contributed by atoms with Crippen molar-refractivity contribution in [1.29, 1.82) is 0 Å². The van der Waals surface area contributed by atoms with Crippen LogP contribution in [0.5, 0.6) is 0 Å². The number of carboxylic acid groups (broad SMARTS) is 1. The Bertz CT molecular complexity index is 749. The Kier molecular flexibility index (Phi) is 4.44. The van der Waals surface area contributed by atoms with E-state index in [0.29, 0.717) is 13.1 Å². The molecule has 24 heavy (non-hydrogen) atoms. The highest BCUT2D eigenvalue weighted by molar-refractivity contribution is 7.85. The van der Waals surface area contributed by atoms with Crippen LogP contribution < -0.4 is 4.90 Å². The van der Waals surface area contributed by atoms with Gasteiger partial charge < -0.3 is 14.9 Å². The summed E-state index contributed by atoms with van der Waals surface area (Å²) in [7, 11) is -3.48. The molecule has 1 N–H and O–H groups in total. The SMILES string of the molecule is CC1CN(C(=O)O)Cc2cccc3c2N1CCC3COS(C)(=O)=O. The van der Waals surface area contributed by atoms with Gasteiger partial charge in [0.25, 0.3) is 10.1 Å². The van der Waals surface area contributed by atoms with Crippen LogP contribution in [0.25, 0.3) is 0 Å². The Morgan fingerprint density at radius 3 is 2.83 bits per heavy atom. The predicted molar refractivity (Wildman–Crippen MR) is 89.8 cm³/mol. The van der Waals surface area contributed by atoms with E-state index in [1.807, 2.05) is 25.1 Å². The Hall–Kier alpha value is -1.80. The molecule has 132 valence electrons. The molecule has 0 radical (unpaired) electrons.